The summed E-state index contributed by atoms with van der Waals surface area (Å²) in [6.07, 6.45) is 0.295. The molecule has 0 spiro atoms. The molecule has 134 valence electrons. The minimum Gasteiger partial charge on any atom is -0.481 e. The minimum atomic E-state index is -0.542. The lowest BCUT2D eigenvalue weighted by Crippen LogP contribution is -2.38. The number of benzene rings is 2. The van der Waals surface area contributed by atoms with Crippen molar-refractivity contribution in [3.8, 4) is 5.75 Å². The molecule has 0 saturated heterocycles. The fraction of sp³-hybridized carbons (Fsp3) is 0.409. The molecule has 0 bridgehead atoms. The Labute approximate surface area is 151 Å². The van der Waals surface area contributed by atoms with Crippen LogP contribution in [0.25, 0.3) is 0 Å². The average molecular weight is 339 g/mol. The highest BCUT2D eigenvalue weighted by atomic mass is 16.5. The maximum Gasteiger partial charge on any atom is 0.261 e. The third-order valence-corrected chi connectivity index (χ3v) is 4.64. The van der Waals surface area contributed by atoms with Crippen LogP contribution in [0.4, 0.5) is 0 Å². The highest BCUT2D eigenvalue weighted by Gasteiger charge is 2.20. The van der Waals surface area contributed by atoms with Gasteiger partial charge in [0.25, 0.3) is 5.91 Å². The van der Waals surface area contributed by atoms with Gasteiger partial charge >= 0.3 is 0 Å². The zero-order valence-corrected chi connectivity index (χ0v) is 16.1. The summed E-state index contributed by atoms with van der Waals surface area (Å²) in [6, 6.07) is 12.4. The Morgan fingerprint density at radius 3 is 2.28 bits per heavy atom. The summed E-state index contributed by atoms with van der Waals surface area (Å²) in [6.45, 7) is 12.1. The molecule has 0 aliphatic heterocycles. The van der Waals surface area contributed by atoms with Crippen LogP contribution in [0, 0.1) is 27.7 Å². The number of nitrogens with one attached hydrogen (secondary N) is 1. The smallest absolute Gasteiger partial charge is 0.261 e. The second-order valence-electron chi connectivity index (χ2n) is 6.85. The highest BCUT2D eigenvalue weighted by molar-refractivity contribution is 5.81. The summed E-state index contributed by atoms with van der Waals surface area (Å²) in [5.41, 5.74) is 5.73. The summed E-state index contributed by atoms with van der Waals surface area (Å²) in [5, 5.41) is 3.11. The molecular weight excluding hydrogens is 310 g/mol. The SMILES string of the molecule is CC[C@H](NC(=O)[C@H](C)Oc1cc(C)cc(C)c1C)c1ccc(C)cc1. The van der Waals surface area contributed by atoms with Gasteiger partial charge in [-0.05, 0) is 69.4 Å². The van der Waals surface area contributed by atoms with Gasteiger partial charge in [-0.25, -0.2) is 0 Å². The number of amides is 1. The quantitative estimate of drug-likeness (QED) is 0.808. The molecule has 0 aliphatic rings. The zero-order chi connectivity index (χ0) is 18.6. The van der Waals surface area contributed by atoms with Crippen molar-refractivity contribution in [1.29, 1.82) is 0 Å². The van der Waals surface area contributed by atoms with Gasteiger partial charge in [0.1, 0.15) is 5.75 Å². The molecule has 3 heteroatoms. The Kier molecular flexibility index (Phi) is 6.24. The van der Waals surface area contributed by atoms with Gasteiger partial charge in [-0.15, -0.1) is 0 Å². The lowest BCUT2D eigenvalue weighted by atomic mass is 10.0. The third kappa shape index (κ3) is 4.85. The Morgan fingerprint density at radius 2 is 1.68 bits per heavy atom. The molecule has 2 aromatic rings. The molecule has 25 heavy (non-hydrogen) atoms. The predicted octanol–water partition coefficient (Wildman–Crippen LogP) is 4.96. The van der Waals surface area contributed by atoms with Gasteiger partial charge in [0.05, 0.1) is 6.04 Å². The Hall–Kier alpha value is -2.29. The second-order valence-corrected chi connectivity index (χ2v) is 6.85. The monoisotopic (exact) mass is 339 g/mol. The van der Waals surface area contributed by atoms with Gasteiger partial charge in [0, 0.05) is 0 Å². The molecule has 2 rings (SSSR count). The highest BCUT2D eigenvalue weighted by Crippen LogP contribution is 2.25. The van der Waals surface area contributed by atoms with Crippen LogP contribution in [0.2, 0.25) is 0 Å². The van der Waals surface area contributed by atoms with E-state index in [-0.39, 0.29) is 11.9 Å². The molecule has 1 amide bonds. The van der Waals surface area contributed by atoms with E-state index in [4.69, 9.17) is 4.74 Å². The Balaban J connectivity index is 2.08. The van der Waals surface area contributed by atoms with Gasteiger partial charge in [-0.2, -0.15) is 0 Å². The van der Waals surface area contributed by atoms with Crippen molar-refractivity contribution in [1.82, 2.24) is 5.32 Å². The zero-order valence-electron chi connectivity index (χ0n) is 16.1. The van der Waals surface area contributed by atoms with Crippen LogP contribution in [0.5, 0.6) is 5.75 Å². The van der Waals surface area contributed by atoms with E-state index < -0.39 is 6.10 Å². The van der Waals surface area contributed by atoms with Crippen molar-refractivity contribution in [3.05, 3.63) is 64.2 Å². The first-order valence-corrected chi connectivity index (χ1v) is 8.93. The number of ether oxygens (including phenoxy) is 1. The van der Waals surface area contributed by atoms with Gasteiger partial charge < -0.3 is 10.1 Å². The van der Waals surface area contributed by atoms with Crippen molar-refractivity contribution in [2.45, 2.75) is 60.1 Å². The Morgan fingerprint density at radius 1 is 1.04 bits per heavy atom. The third-order valence-electron chi connectivity index (χ3n) is 4.64. The molecule has 0 aromatic heterocycles. The summed E-state index contributed by atoms with van der Waals surface area (Å²) in [4.78, 5) is 12.6. The summed E-state index contributed by atoms with van der Waals surface area (Å²) >= 11 is 0. The van der Waals surface area contributed by atoms with Crippen LogP contribution >= 0.6 is 0 Å². The van der Waals surface area contributed by atoms with Crippen LogP contribution in [-0.2, 0) is 4.79 Å². The molecule has 2 atom stereocenters. The second kappa shape index (κ2) is 8.19. The molecule has 0 heterocycles. The largest absolute Gasteiger partial charge is 0.481 e. The van der Waals surface area contributed by atoms with Crippen molar-refractivity contribution >= 4 is 5.91 Å². The van der Waals surface area contributed by atoms with Crippen molar-refractivity contribution < 1.29 is 9.53 Å². The van der Waals surface area contributed by atoms with Gasteiger partial charge in [0.15, 0.2) is 6.10 Å². The van der Waals surface area contributed by atoms with Crippen molar-refractivity contribution in [2.24, 2.45) is 0 Å². The van der Waals surface area contributed by atoms with E-state index in [0.717, 1.165) is 28.9 Å². The van der Waals surface area contributed by atoms with E-state index in [1.54, 1.807) is 6.92 Å². The van der Waals surface area contributed by atoms with Gasteiger partial charge in [-0.3, -0.25) is 4.79 Å². The molecule has 0 radical (unpaired) electrons. The molecule has 3 nitrogen and oxygen atoms in total. The topological polar surface area (TPSA) is 38.3 Å². The van der Waals surface area contributed by atoms with Crippen LogP contribution in [-0.4, -0.2) is 12.0 Å². The van der Waals surface area contributed by atoms with Crippen LogP contribution in [0.15, 0.2) is 36.4 Å². The summed E-state index contributed by atoms with van der Waals surface area (Å²) in [7, 11) is 0. The molecular formula is C22H29NO2. The first kappa shape index (κ1) is 19.0. The van der Waals surface area contributed by atoms with E-state index in [9.17, 15) is 4.79 Å². The van der Waals surface area contributed by atoms with E-state index in [1.807, 2.05) is 19.9 Å². The first-order chi connectivity index (χ1) is 11.8. The van der Waals surface area contributed by atoms with Gasteiger partial charge in [-0.1, -0.05) is 42.8 Å². The van der Waals surface area contributed by atoms with Crippen LogP contribution in [0.3, 0.4) is 0 Å². The molecule has 1 N–H and O–H groups in total. The summed E-state index contributed by atoms with van der Waals surface area (Å²) < 4.78 is 5.96. The molecule has 0 aliphatic carbocycles. The number of hydrogen-bond donors (Lipinski definition) is 1. The number of hydrogen-bond acceptors (Lipinski definition) is 2. The number of aryl methyl sites for hydroxylation is 3. The van der Waals surface area contributed by atoms with Crippen LogP contribution in [0.1, 0.15) is 54.1 Å². The predicted molar refractivity (Wildman–Crippen MR) is 103 cm³/mol. The lowest BCUT2D eigenvalue weighted by Gasteiger charge is -2.22. The van der Waals surface area contributed by atoms with E-state index in [2.05, 4.69) is 56.4 Å². The first-order valence-electron chi connectivity index (χ1n) is 8.93. The fourth-order valence-electron chi connectivity index (χ4n) is 2.88. The molecule has 0 unspecified atom stereocenters. The number of carbonyl (C=O) groups is 1. The van der Waals surface area contributed by atoms with Crippen molar-refractivity contribution in [2.75, 3.05) is 0 Å². The summed E-state index contributed by atoms with van der Waals surface area (Å²) in [5.74, 6) is 0.689. The Bertz CT molecular complexity index is 734. The number of carbonyl (C=O) groups excluding carboxylic acids is 1. The maximum atomic E-state index is 12.6. The fourth-order valence-corrected chi connectivity index (χ4v) is 2.88. The average Bonchev–Trinajstić information content (AvgIpc) is 2.57. The van der Waals surface area contributed by atoms with Gasteiger partial charge in [0.2, 0.25) is 0 Å². The maximum absolute atomic E-state index is 12.6. The standard InChI is InChI=1S/C22H29NO2/c1-7-20(19-10-8-14(2)9-11-19)23-22(24)18(6)25-21-13-15(3)12-16(4)17(21)5/h8-13,18,20H,7H2,1-6H3,(H,23,24)/t18-,20-/m0/s1. The van der Waals surface area contributed by atoms with E-state index >= 15 is 0 Å². The molecule has 0 saturated carbocycles. The molecule has 2 aromatic carbocycles. The molecule has 0 fully saturated rings. The van der Waals surface area contributed by atoms with Crippen molar-refractivity contribution in [3.63, 3.8) is 0 Å². The minimum absolute atomic E-state index is 0.000470. The number of rotatable bonds is 6. The van der Waals surface area contributed by atoms with E-state index in [1.165, 1.54) is 11.1 Å². The van der Waals surface area contributed by atoms with E-state index in [0.29, 0.717) is 0 Å². The van der Waals surface area contributed by atoms with Crippen LogP contribution < -0.4 is 10.1 Å². The normalized spacial score (nSPS) is 13.2. The lowest BCUT2D eigenvalue weighted by molar-refractivity contribution is -0.128.